The van der Waals surface area contributed by atoms with Crippen molar-refractivity contribution in [3.05, 3.63) is 0 Å². The molecule has 0 bridgehead atoms. The molecule has 0 radical (unpaired) electrons. The zero-order valence-corrected chi connectivity index (χ0v) is 15.1. The number of rotatable bonds is 6. The average Bonchev–Trinajstić information content (AvgIpc) is 2.92. The summed E-state index contributed by atoms with van der Waals surface area (Å²) in [4.78, 5) is 12.3. The van der Waals surface area contributed by atoms with Crippen molar-refractivity contribution in [2.45, 2.75) is 30.5 Å². The van der Waals surface area contributed by atoms with E-state index in [0.717, 1.165) is 16.5 Å². The van der Waals surface area contributed by atoms with Crippen LogP contribution in [0, 0.1) is 5.92 Å². The lowest BCUT2D eigenvalue weighted by atomic mass is 9.99. The molecule has 1 saturated heterocycles. The Balaban J connectivity index is 1.92. The molecule has 22 heavy (non-hydrogen) atoms. The van der Waals surface area contributed by atoms with Gasteiger partial charge in [0, 0.05) is 18.8 Å². The first-order chi connectivity index (χ1) is 10.4. The molecule has 2 rings (SSSR count). The van der Waals surface area contributed by atoms with Crippen molar-refractivity contribution in [2.75, 3.05) is 30.4 Å². The van der Waals surface area contributed by atoms with Gasteiger partial charge in [0.1, 0.15) is 0 Å². The molecule has 7 nitrogen and oxygen atoms in total. The molecule has 1 fully saturated rings. The van der Waals surface area contributed by atoms with Crippen LogP contribution in [-0.2, 0) is 14.8 Å². The van der Waals surface area contributed by atoms with Gasteiger partial charge in [-0.3, -0.25) is 4.79 Å². The number of sulfonamides is 1. The lowest BCUT2D eigenvalue weighted by Gasteiger charge is -2.29. The quantitative estimate of drug-likeness (QED) is 0.609. The van der Waals surface area contributed by atoms with E-state index in [1.54, 1.807) is 11.8 Å². The summed E-state index contributed by atoms with van der Waals surface area (Å²) in [6.07, 6.45) is 3.61. The fraction of sp³-hybridized carbons (Fsp3) is 0.750. The third-order valence-corrected chi connectivity index (χ3v) is 6.74. The third kappa shape index (κ3) is 4.90. The van der Waals surface area contributed by atoms with Crippen LogP contribution in [0.4, 0.5) is 5.13 Å². The van der Waals surface area contributed by atoms with E-state index in [9.17, 15) is 13.2 Å². The van der Waals surface area contributed by atoms with Gasteiger partial charge in [0.25, 0.3) is 0 Å². The maximum absolute atomic E-state index is 12.3. The van der Waals surface area contributed by atoms with E-state index < -0.39 is 10.0 Å². The molecule has 0 spiro atoms. The number of hydrogen-bond acceptors (Lipinski definition) is 7. The first kappa shape index (κ1) is 17.6. The number of carbonyl (C=O) groups is 1. The van der Waals surface area contributed by atoms with Crippen LogP contribution < -0.4 is 5.32 Å². The summed E-state index contributed by atoms with van der Waals surface area (Å²) < 4.78 is 25.4. The zero-order chi connectivity index (χ0) is 16.2. The Bertz CT molecular complexity index is 617. The third-order valence-electron chi connectivity index (χ3n) is 3.29. The van der Waals surface area contributed by atoms with Crippen molar-refractivity contribution in [2.24, 2.45) is 5.92 Å². The van der Waals surface area contributed by atoms with Gasteiger partial charge in [-0.25, -0.2) is 12.7 Å². The van der Waals surface area contributed by atoms with Crippen molar-refractivity contribution in [1.29, 1.82) is 0 Å². The number of anilines is 1. The lowest BCUT2D eigenvalue weighted by molar-refractivity contribution is -0.120. The van der Waals surface area contributed by atoms with E-state index in [-0.39, 0.29) is 18.4 Å². The van der Waals surface area contributed by atoms with Crippen LogP contribution in [0.15, 0.2) is 4.34 Å². The van der Waals surface area contributed by atoms with Crippen LogP contribution in [0.25, 0.3) is 0 Å². The Morgan fingerprint density at radius 1 is 1.50 bits per heavy atom. The minimum absolute atomic E-state index is 0.184. The first-order valence-corrected chi connectivity index (χ1v) is 10.8. The van der Waals surface area contributed by atoms with Crippen molar-refractivity contribution < 1.29 is 13.2 Å². The molecule has 1 aromatic heterocycles. The van der Waals surface area contributed by atoms with E-state index in [2.05, 4.69) is 22.4 Å². The summed E-state index contributed by atoms with van der Waals surface area (Å²) in [5.41, 5.74) is 0. The Morgan fingerprint density at radius 2 is 2.27 bits per heavy atom. The molecular formula is C12H20N4O3S3. The predicted octanol–water partition coefficient (Wildman–Crippen LogP) is 1.65. The highest BCUT2D eigenvalue weighted by Gasteiger charge is 2.30. The Labute approximate surface area is 138 Å². The maximum Gasteiger partial charge on any atom is 0.230 e. The van der Waals surface area contributed by atoms with E-state index >= 15 is 0 Å². The number of thioether (sulfide) groups is 1. The molecule has 1 aliphatic heterocycles. The first-order valence-electron chi connectivity index (χ1n) is 7.12. The van der Waals surface area contributed by atoms with Crippen LogP contribution in [0.3, 0.4) is 0 Å². The lowest BCUT2D eigenvalue weighted by Crippen LogP contribution is -2.43. The summed E-state index contributed by atoms with van der Waals surface area (Å²) >= 11 is 2.96. The van der Waals surface area contributed by atoms with Crippen LogP contribution in [-0.4, -0.2) is 53.9 Å². The molecule has 1 N–H and O–H groups in total. The van der Waals surface area contributed by atoms with Crippen LogP contribution in [0.5, 0.6) is 0 Å². The predicted molar refractivity (Wildman–Crippen MR) is 88.7 cm³/mol. The smallest absolute Gasteiger partial charge is 0.230 e. The molecule has 2 heterocycles. The van der Waals surface area contributed by atoms with Gasteiger partial charge in [-0.15, -0.1) is 10.2 Å². The summed E-state index contributed by atoms with van der Waals surface area (Å²) in [6, 6.07) is 0. The summed E-state index contributed by atoms with van der Waals surface area (Å²) in [6.45, 7) is 2.81. The fourth-order valence-corrected chi connectivity index (χ4v) is 4.76. The molecule has 1 aliphatic rings. The van der Waals surface area contributed by atoms with Crippen molar-refractivity contribution in [3.63, 3.8) is 0 Å². The second-order valence-electron chi connectivity index (χ2n) is 5.17. The molecule has 0 aliphatic carbocycles. The van der Waals surface area contributed by atoms with E-state index in [1.807, 2.05) is 0 Å². The number of carbonyl (C=O) groups excluding carboxylic acids is 1. The number of nitrogens with zero attached hydrogens (tertiary/aromatic N) is 3. The molecule has 1 aromatic rings. The highest BCUT2D eigenvalue weighted by Crippen LogP contribution is 2.27. The van der Waals surface area contributed by atoms with Gasteiger partial charge < -0.3 is 5.32 Å². The van der Waals surface area contributed by atoms with Gasteiger partial charge in [-0.05, 0) is 19.3 Å². The molecule has 1 atom stereocenters. The number of hydrogen-bond donors (Lipinski definition) is 1. The standard InChI is InChI=1S/C12H20N4O3S3/c1-3-7-20-12-15-14-11(21-12)13-10(17)9-5-4-6-16(8-9)22(2,18)19/h9H,3-8H2,1-2H3,(H,13,14,17)/t9-/m0/s1. The van der Waals surface area contributed by atoms with Crippen LogP contribution >= 0.6 is 23.1 Å². The second-order valence-corrected chi connectivity index (χ2v) is 9.47. The van der Waals surface area contributed by atoms with Gasteiger partial charge in [0.05, 0.1) is 12.2 Å². The largest absolute Gasteiger partial charge is 0.300 e. The van der Waals surface area contributed by atoms with Gasteiger partial charge in [0.2, 0.25) is 21.1 Å². The minimum atomic E-state index is -3.25. The van der Waals surface area contributed by atoms with E-state index in [4.69, 9.17) is 0 Å². The van der Waals surface area contributed by atoms with Gasteiger partial charge in [-0.1, -0.05) is 30.0 Å². The van der Waals surface area contributed by atoms with Crippen LogP contribution in [0.1, 0.15) is 26.2 Å². The highest BCUT2D eigenvalue weighted by atomic mass is 32.2. The highest BCUT2D eigenvalue weighted by molar-refractivity contribution is 8.01. The molecule has 0 aromatic carbocycles. The average molecular weight is 365 g/mol. The Morgan fingerprint density at radius 3 is 2.95 bits per heavy atom. The summed E-state index contributed by atoms with van der Waals surface area (Å²) in [7, 11) is -3.25. The van der Waals surface area contributed by atoms with Gasteiger partial charge >= 0.3 is 0 Å². The molecule has 124 valence electrons. The normalized spacial score (nSPS) is 20.0. The molecular weight excluding hydrogens is 344 g/mol. The number of nitrogens with one attached hydrogen (secondary N) is 1. The van der Waals surface area contributed by atoms with E-state index in [1.165, 1.54) is 21.9 Å². The summed E-state index contributed by atoms with van der Waals surface area (Å²) in [5, 5.41) is 11.2. The topological polar surface area (TPSA) is 92.3 Å². The fourth-order valence-electron chi connectivity index (χ4n) is 2.17. The molecule has 10 heteroatoms. The molecule has 1 amide bonds. The van der Waals surface area contributed by atoms with Gasteiger partial charge in [-0.2, -0.15) is 0 Å². The van der Waals surface area contributed by atoms with Crippen LogP contribution in [0.2, 0.25) is 0 Å². The Kier molecular flexibility index (Phi) is 6.18. The summed E-state index contributed by atoms with van der Waals surface area (Å²) in [5.74, 6) is 0.449. The van der Waals surface area contributed by atoms with Crippen molar-refractivity contribution >= 4 is 44.2 Å². The minimum Gasteiger partial charge on any atom is -0.300 e. The molecule has 0 saturated carbocycles. The SMILES string of the molecule is CCCSc1nnc(NC(=O)[C@H]2CCCN(S(C)(=O)=O)C2)s1. The van der Waals surface area contributed by atoms with Crippen molar-refractivity contribution in [3.8, 4) is 0 Å². The Hall–Kier alpha value is -0.710. The zero-order valence-electron chi connectivity index (χ0n) is 12.6. The number of amides is 1. The number of piperidine rings is 1. The number of aromatic nitrogens is 2. The van der Waals surface area contributed by atoms with Gasteiger partial charge in [0.15, 0.2) is 4.34 Å². The monoisotopic (exact) mass is 364 g/mol. The molecule has 0 unspecified atom stereocenters. The second kappa shape index (κ2) is 7.71. The van der Waals surface area contributed by atoms with E-state index in [0.29, 0.717) is 24.5 Å². The van der Waals surface area contributed by atoms with Crippen molar-refractivity contribution in [1.82, 2.24) is 14.5 Å². The maximum atomic E-state index is 12.3.